The van der Waals surface area contributed by atoms with Crippen LogP contribution in [0.4, 0.5) is 11.4 Å². The maximum atomic E-state index is 4.83. The minimum absolute atomic E-state index is 1.09. The van der Waals surface area contributed by atoms with E-state index in [1.807, 2.05) is 788 Å². The van der Waals surface area contributed by atoms with Gasteiger partial charge in [-0.1, -0.05) is 84.9 Å². The fourth-order valence-electron chi connectivity index (χ4n) is 4.03. The number of nitrogens with one attached hydrogen (secondary N) is 1. The summed E-state index contributed by atoms with van der Waals surface area (Å²) in [5, 5.41) is 3.41. The van der Waals surface area contributed by atoms with E-state index in [0.717, 1.165) is 11.4 Å². The molecule has 732 valence electrons. The SMILES string of the molecule is S=S=S=S=S=S=S=S=S=S=S=S=S=S=S=S=S=S=S=S=S=S=S=S=S=S=S=S=S=S=S=S=S=S=S=S=S=S=S=S=S=S=S=S=S=S=S=S=S=S=S=S=S=S=S=S=S=S=S=S=S=S=S=S=S=S=S=S=S=S=S=S=S=S=S=S=S=S=S=S=S=S=S=S=S=S=S=S=S=S=S=S=S=S=S=S=S=S=S=S=S=S.c1ccc(Nc2ccc(-c3ccc(-c4ccccc4)cc3)cc2)cc1. The zero-order valence-electron chi connectivity index (χ0n) is 55.5. The Morgan fingerprint density at radius 3 is 0.323 bits per heavy atom. The van der Waals surface area contributed by atoms with Gasteiger partial charge in [0.25, 0.3) is 0 Å². The van der Waals surface area contributed by atoms with Gasteiger partial charge in [-0.2, -0.15) is 0 Å². The molecule has 0 aliphatic heterocycles. The van der Waals surface area contributed by atoms with Gasteiger partial charge in [0.1, 0.15) is 0 Å². The number of rotatable bonds is 4. The van der Waals surface area contributed by atoms with E-state index in [-0.39, 0.29) is 0 Å². The molecule has 0 unspecified atom stereocenters. The molecule has 1 N–H and O–H groups in total. The van der Waals surface area contributed by atoms with Crippen molar-refractivity contribution >= 4 is 922 Å². The standard InChI is InChI=1S/C24H19N.S102/c1-3-7-19(8-4-1)20-11-13-21(14-12-20)22-15-17-24(18-16-22)25-23-9-5-2-6-10-23;1-3-5-7-9-11-13-15-17-19-21-23-25-27-29-31-33-35-37-39-41-43-45-47-49-51-53-55-57-59-61-63-65-67-69-71-73-75-77-79-81-83-85-87-89-91-93-95-97-99-101-102-100-98-96-94-92-90-88-86-84-82-80-78-76-74-72-70-68-66-64-62-60-58-56-54-52-50-48-46-44-42-40-38-36-34-32-30-28-26-24-22-20-18-16-14-12-10-8-6-4-2/h1-18,25H;. The zero-order chi connectivity index (χ0) is 89.6. The molecule has 127 heavy (non-hydrogen) atoms. The van der Waals surface area contributed by atoms with Gasteiger partial charge in [-0.25, -0.2) is 0 Å². The molecule has 0 amide bonds. The Hall–Kier alpha value is 19.1. The van der Waals surface area contributed by atoms with Crippen LogP contribution in [0.5, 0.6) is 0 Å². The lowest BCUT2D eigenvalue weighted by Crippen LogP contribution is -1.89. The molecule has 1 nitrogen and oxygen atoms in total. The maximum Gasteiger partial charge on any atom is 0.0384 e. The van der Waals surface area contributed by atoms with Gasteiger partial charge in [-0.05, 0) is 46.5 Å². The number of anilines is 2. The molecular formula is C24H19NS102. The third kappa shape index (κ3) is 108. The van der Waals surface area contributed by atoms with Gasteiger partial charge < -0.3 is 5.32 Å². The Morgan fingerprint density at radius 1 is 0.102 bits per heavy atom. The monoisotopic (exact) mass is 3580 g/mol. The molecule has 0 bridgehead atoms. The first kappa shape index (κ1) is 140. The third-order valence-corrected chi connectivity index (χ3v) is 227. The highest BCUT2D eigenvalue weighted by Gasteiger charge is 2.01. The number of hydrogen-bond donors (Lipinski definition) is 1. The van der Waals surface area contributed by atoms with E-state index in [4.69, 9.17) is 22.4 Å². The molecule has 4 rings (SSSR count). The first-order valence-corrected chi connectivity index (χ1v) is 160. The van der Waals surface area contributed by atoms with Crippen LogP contribution in [-0.4, -0.2) is 0 Å². The molecular weight excluding hydrogens is 3570 g/mol. The number of hydrogen-bond acceptors (Lipinski definition) is 3. The van der Waals surface area contributed by atoms with E-state index >= 15 is 0 Å². The Balaban J connectivity index is 0.00000139. The van der Waals surface area contributed by atoms with Crippen LogP contribution in [0.25, 0.3) is 22.3 Å². The normalized spacial score (nSPS) is 8.38. The second kappa shape index (κ2) is 124. The molecule has 0 aliphatic rings. The molecule has 0 saturated carbocycles. The molecule has 0 radical (unpaired) electrons. The summed E-state index contributed by atoms with van der Waals surface area (Å²) in [5.74, 6) is 0. The first-order valence-electron chi connectivity index (χ1n) is 25.3. The highest BCUT2D eigenvalue weighted by molar-refractivity contribution is 8.87. The Morgan fingerprint density at radius 2 is 0.197 bits per heavy atom. The van der Waals surface area contributed by atoms with Crippen LogP contribution >= 0.6 is 0 Å². The van der Waals surface area contributed by atoms with Crippen molar-refractivity contribution in [3.8, 4) is 22.3 Å². The highest BCUT2D eigenvalue weighted by atomic mass is 33.6. The van der Waals surface area contributed by atoms with E-state index in [0.29, 0.717) is 0 Å². The Kier molecular flexibility index (Phi) is 137. The second-order valence-electron chi connectivity index (χ2n) is 12.8. The van der Waals surface area contributed by atoms with Crippen LogP contribution in [0.15, 0.2) is 109 Å². The van der Waals surface area contributed by atoms with Gasteiger partial charge in [0.15, 0.2) is 0 Å². The molecule has 0 aliphatic carbocycles. The maximum absolute atomic E-state index is 4.83. The van der Waals surface area contributed by atoms with Gasteiger partial charge >= 0.3 is 0 Å². The van der Waals surface area contributed by atoms with Crippen molar-refractivity contribution in [2.75, 3.05) is 5.32 Å². The van der Waals surface area contributed by atoms with Crippen LogP contribution < -0.4 is 5.32 Å². The van der Waals surface area contributed by atoms with Crippen LogP contribution in [0.1, 0.15) is 0 Å². The summed E-state index contributed by atoms with van der Waals surface area (Å²) in [6, 6.07) is 38.0. The number of para-hydroxylation sites is 1. The molecule has 4 aromatic carbocycles. The van der Waals surface area contributed by atoms with Gasteiger partial charge in [0.05, 0.1) is 0 Å². The fourth-order valence-corrected chi connectivity index (χ4v) is 273. The second-order valence-corrected chi connectivity index (χ2v) is 190. The predicted molar refractivity (Wildman–Crippen MR) is 858 cm³/mol. The van der Waals surface area contributed by atoms with Crippen molar-refractivity contribution in [3.05, 3.63) is 109 Å². The Bertz CT molecular complexity index is 9380. The van der Waals surface area contributed by atoms with E-state index in [2.05, 4.69) is 90.2 Å². The zero-order valence-corrected chi connectivity index (χ0v) is 139. The van der Waals surface area contributed by atoms with Crippen LogP contribution in [0, 0.1) is 0 Å². The van der Waals surface area contributed by atoms with Gasteiger partial charge in [-0.3, -0.25) is 0 Å². The van der Waals surface area contributed by atoms with E-state index in [1.165, 1.54) is 40.0 Å². The molecule has 0 fully saturated rings. The molecule has 103 heteroatoms. The lowest BCUT2D eigenvalue weighted by atomic mass is 10.0. The van der Waals surface area contributed by atoms with E-state index in [9.17, 15) is 0 Å². The van der Waals surface area contributed by atoms with Crippen molar-refractivity contribution in [3.63, 3.8) is 0 Å². The van der Waals surface area contributed by atoms with E-state index < -0.39 is 0 Å². The molecule has 0 atom stereocenters. The summed E-state index contributed by atoms with van der Waals surface area (Å²) in [6.45, 7) is 0. The van der Waals surface area contributed by atoms with E-state index in [1.54, 1.807) is 107 Å². The molecule has 0 saturated heterocycles. The van der Waals surface area contributed by atoms with Crippen LogP contribution in [-0.2, 0) is 910 Å². The average Bonchev–Trinajstić information content (AvgIpc) is 0.837. The molecule has 4 aromatic rings. The largest absolute Gasteiger partial charge is 0.356 e. The summed E-state index contributed by atoms with van der Waals surface area (Å²) in [5.41, 5.74) is 7.13. The van der Waals surface area contributed by atoms with Crippen molar-refractivity contribution < 1.29 is 0 Å². The highest BCUT2D eigenvalue weighted by Crippen LogP contribution is 2.26. The van der Waals surface area contributed by atoms with Gasteiger partial charge in [-0.15, -0.1) is 0 Å². The molecule has 0 spiro atoms. The summed E-state index contributed by atoms with van der Waals surface area (Å²) < 4.78 is 0. The molecule has 0 heterocycles. The van der Waals surface area contributed by atoms with Gasteiger partial charge in [0, 0.05) is 922 Å². The van der Waals surface area contributed by atoms with Crippen molar-refractivity contribution in [1.29, 1.82) is 0 Å². The third-order valence-electron chi connectivity index (χ3n) is 7.02. The predicted octanol–water partition coefficient (Wildman–Crippen LogP) is 6.52. The summed E-state index contributed by atoms with van der Waals surface area (Å²) in [6.07, 6.45) is 0. The van der Waals surface area contributed by atoms with Gasteiger partial charge in [0.2, 0.25) is 0 Å². The number of benzene rings is 4. The smallest absolute Gasteiger partial charge is 0.0384 e. The quantitative estimate of drug-likeness (QED) is 0.251. The topological polar surface area (TPSA) is 12.0 Å². The minimum atomic E-state index is 1.09. The lowest BCUT2D eigenvalue weighted by molar-refractivity contribution is 1.54. The molecule has 0 aromatic heterocycles. The van der Waals surface area contributed by atoms with Crippen molar-refractivity contribution in [1.82, 2.24) is 0 Å². The van der Waals surface area contributed by atoms with Crippen molar-refractivity contribution in [2.45, 2.75) is 0 Å². The van der Waals surface area contributed by atoms with Crippen LogP contribution in [0.3, 0.4) is 0 Å². The first-order chi connectivity index (χ1) is 63.3. The summed E-state index contributed by atoms with van der Waals surface area (Å²) >= 11 is 9.66. The van der Waals surface area contributed by atoms with Crippen molar-refractivity contribution in [2.24, 2.45) is 0 Å². The minimum Gasteiger partial charge on any atom is -0.356 e. The summed E-state index contributed by atoms with van der Waals surface area (Å²) in [4.78, 5) is 0. The van der Waals surface area contributed by atoms with Crippen LogP contribution in [0.2, 0.25) is 0 Å². The average molecular weight is 3590 g/mol. The lowest BCUT2D eigenvalue weighted by Gasteiger charge is -2.08. The fraction of sp³-hybridized carbons (Fsp3) is 0. The summed E-state index contributed by atoms with van der Waals surface area (Å²) in [7, 11) is 181. The Labute approximate surface area is 1030 Å².